The van der Waals surface area contributed by atoms with E-state index < -0.39 is 0 Å². The van der Waals surface area contributed by atoms with E-state index in [1.54, 1.807) is 13.0 Å². The molecule has 1 amide bonds. The minimum atomic E-state index is -0.354. The Balaban J connectivity index is 3.05. The smallest absolute Gasteiger partial charge is 0.267 e. The first-order valence-corrected chi connectivity index (χ1v) is 3.70. The first kappa shape index (κ1) is 9.47. The number of pyridine rings is 1. The molecule has 1 rings (SSSR count). The molecule has 0 spiro atoms. The van der Waals surface area contributed by atoms with Gasteiger partial charge in [0.2, 0.25) is 5.88 Å². The standard InChI is InChI=1S/C8H11N3O2/c1-5-3-7(13-2)10-4-6(5)8(12)11-9/h3-4H,9H2,1-2H3,(H,11,12). The number of hydrogen-bond donors (Lipinski definition) is 2. The first-order chi connectivity index (χ1) is 6.19. The van der Waals surface area contributed by atoms with Crippen LogP contribution in [0.2, 0.25) is 0 Å². The quantitative estimate of drug-likeness (QED) is 0.382. The molecule has 0 aliphatic rings. The maximum absolute atomic E-state index is 11.1. The van der Waals surface area contributed by atoms with E-state index in [1.165, 1.54) is 13.3 Å². The molecule has 1 heterocycles. The van der Waals surface area contributed by atoms with Crippen LogP contribution in [0.5, 0.6) is 5.88 Å². The molecule has 0 aliphatic carbocycles. The molecule has 0 unspecified atom stereocenters. The van der Waals surface area contributed by atoms with Gasteiger partial charge in [-0.2, -0.15) is 0 Å². The molecule has 1 aromatic rings. The largest absolute Gasteiger partial charge is 0.481 e. The van der Waals surface area contributed by atoms with Gasteiger partial charge in [0.25, 0.3) is 5.91 Å². The van der Waals surface area contributed by atoms with Crippen molar-refractivity contribution in [3.8, 4) is 5.88 Å². The normalized spacial score (nSPS) is 9.46. The molecule has 0 radical (unpaired) electrons. The van der Waals surface area contributed by atoms with Crippen molar-refractivity contribution in [2.24, 2.45) is 5.84 Å². The van der Waals surface area contributed by atoms with E-state index in [0.717, 1.165) is 5.56 Å². The van der Waals surface area contributed by atoms with E-state index in [4.69, 9.17) is 10.6 Å². The van der Waals surface area contributed by atoms with Crippen molar-refractivity contribution in [3.05, 3.63) is 23.4 Å². The van der Waals surface area contributed by atoms with Gasteiger partial charge in [0.15, 0.2) is 0 Å². The van der Waals surface area contributed by atoms with E-state index in [2.05, 4.69) is 4.98 Å². The van der Waals surface area contributed by atoms with Crippen LogP contribution >= 0.6 is 0 Å². The average Bonchev–Trinajstić information content (AvgIpc) is 2.16. The molecule has 3 N–H and O–H groups in total. The molecule has 0 aromatic carbocycles. The zero-order chi connectivity index (χ0) is 9.84. The lowest BCUT2D eigenvalue weighted by Crippen LogP contribution is -2.30. The summed E-state index contributed by atoms with van der Waals surface area (Å²) in [7, 11) is 1.52. The third-order valence-electron chi connectivity index (χ3n) is 1.67. The number of methoxy groups -OCH3 is 1. The van der Waals surface area contributed by atoms with Crippen LogP contribution in [0.3, 0.4) is 0 Å². The van der Waals surface area contributed by atoms with Crippen molar-refractivity contribution in [1.82, 2.24) is 10.4 Å². The molecule has 0 atom stereocenters. The van der Waals surface area contributed by atoms with Crippen LogP contribution < -0.4 is 16.0 Å². The lowest BCUT2D eigenvalue weighted by atomic mass is 10.1. The van der Waals surface area contributed by atoms with Gasteiger partial charge in [-0.05, 0) is 12.5 Å². The Morgan fingerprint density at radius 2 is 2.38 bits per heavy atom. The Hall–Kier alpha value is -1.62. The van der Waals surface area contributed by atoms with Crippen LogP contribution in [0.15, 0.2) is 12.3 Å². The summed E-state index contributed by atoms with van der Waals surface area (Å²) in [6.45, 7) is 1.79. The minimum Gasteiger partial charge on any atom is -0.481 e. The van der Waals surface area contributed by atoms with E-state index in [-0.39, 0.29) is 5.91 Å². The van der Waals surface area contributed by atoms with Gasteiger partial charge in [0.05, 0.1) is 12.7 Å². The van der Waals surface area contributed by atoms with Crippen LogP contribution in [0, 0.1) is 6.92 Å². The monoisotopic (exact) mass is 181 g/mol. The molecular weight excluding hydrogens is 170 g/mol. The van der Waals surface area contributed by atoms with Gasteiger partial charge in [-0.25, -0.2) is 10.8 Å². The summed E-state index contributed by atoms with van der Waals surface area (Å²) in [5, 5.41) is 0. The number of nitrogen functional groups attached to an aromatic ring is 1. The summed E-state index contributed by atoms with van der Waals surface area (Å²) in [4.78, 5) is 15.0. The zero-order valence-electron chi connectivity index (χ0n) is 7.50. The number of hydrazine groups is 1. The highest BCUT2D eigenvalue weighted by atomic mass is 16.5. The Labute approximate surface area is 75.9 Å². The van der Waals surface area contributed by atoms with Gasteiger partial charge >= 0.3 is 0 Å². The van der Waals surface area contributed by atoms with Crippen molar-refractivity contribution in [2.75, 3.05) is 7.11 Å². The van der Waals surface area contributed by atoms with Crippen LogP contribution in [0.25, 0.3) is 0 Å². The summed E-state index contributed by atoms with van der Waals surface area (Å²) < 4.78 is 4.89. The summed E-state index contributed by atoms with van der Waals surface area (Å²) in [6, 6.07) is 1.67. The first-order valence-electron chi connectivity index (χ1n) is 3.70. The number of nitrogens with one attached hydrogen (secondary N) is 1. The fourth-order valence-electron chi connectivity index (χ4n) is 0.957. The van der Waals surface area contributed by atoms with Crippen molar-refractivity contribution >= 4 is 5.91 Å². The van der Waals surface area contributed by atoms with Crippen LogP contribution in [0.4, 0.5) is 0 Å². The Morgan fingerprint density at radius 3 is 2.85 bits per heavy atom. The van der Waals surface area contributed by atoms with Crippen molar-refractivity contribution in [2.45, 2.75) is 6.92 Å². The van der Waals surface area contributed by atoms with Crippen molar-refractivity contribution in [1.29, 1.82) is 0 Å². The van der Waals surface area contributed by atoms with E-state index in [9.17, 15) is 4.79 Å². The second-order valence-electron chi connectivity index (χ2n) is 2.52. The zero-order valence-corrected chi connectivity index (χ0v) is 7.50. The number of nitrogens with two attached hydrogens (primary N) is 1. The third kappa shape index (κ3) is 1.94. The van der Waals surface area contributed by atoms with Gasteiger partial charge in [0.1, 0.15) is 0 Å². The molecule has 1 aromatic heterocycles. The Morgan fingerprint density at radius 1 is 1.69 bits per heavy atom. The van der Waals surface area contributed by atoms with E-state index in [0.29, 0.717) is 11.4 Å². The van der Waals surface area contributed by atoms with Gasteiger partial charge in [-0.15, -0.1) is 0 Å². The third-order valence-corrected chi connectivity index (χ3v) is 1.67. The molecule has 0 aliphatic heterocycles. The molecule has 0 bridgehead atoms. The SMILES string of the molecule is COc1cc(C)c(C(=O)NN)cn1. The number of carbonyl (C=O) groups excluding carboxylic acids is 1. The van der Waals surface area contributed by atoms with Crippen LogP contribution in [-0.4, -0.2) is 18.0 Å². The predicted molar refractivity (Wildman–Crippen MR) is 47.2 cm³/mol. The summed E-state index contributed by atoms with van der Waals surface area (Å²) in [5.74, 6) is 5.11. The summed E-state index contributed by atoms with van der Waals surface area (Å²) >= 11 is 0. The topological polar surface area (TPSA) is 77.2 Å². The lowest BCUT2D eigenvalue weighted by molar-refractivity contribution is 0.0952. The van der Waals surface area contributed by atoms with E-state index in [1.807, 2.05) is 5.43 Å². The molecule has 70 valence electrons. The maximum Gasteiger partial charge on any atom is 0.267 e. The Bertz CT molecular complexity index is 325. The van der Waals surface area contributed by atoms with E-state index >= 15 is 0 Å². The number of nitrogens with zero attached hydrogens (tertiary/aromatic N) is 1. The molecule has 0 fully saturated rings. The number of carbonyl (C=O) groups is 1. The second-order valence-corrected chi connectivity index (χ2v) is 2.52. The summed E-state index contributed by atoms with van der Waals surface area (Å²) in [6.07, 6.45) is 1.43. The fraction of sp³-hybridized carbons (Fsp3) is 0.250. The number of amides is 1. The van der Waals surface area contributed by atoms with Crippen molar-refractivity contribution < 1.29 is 9.53 Å². The number of rotatable bonds is 2. The second kappa shape index (κ2) is 3.86. The Kier molecular flexibility index (Phi) is 2.81. The predicted octanol–water partition coefficient (Wildman–Crippen LogP) is 0.00212. The minimum absolute atomic E-state index is 0.354. The van der Waals surface area contributed by atoms with Crippen LogP contribution in [0.1, 0.15) is 15.9 Å². The van der Waals surface area contributed by atoms with Gasteiger partial charge in [-0.1, -0.05) is 0 Å². The molecule has 13 heavy (non-hydrogen) atoms. The van der Waals surface area contributed by atoms with Gasteiger partial charge in [0, 0.05) is 12.3 Å². The highest BCUT2D eigenvalue weighted by Crippen LogP contribution is 2.12. The average molecular weight is 181 g/mol. The fourth-order valence-corrected chi connectivity index (χ4v) is 0.957. The number of aromatic nitrogens is 1. The van der Waals surface area contributed by atoms with Gasteiger partial charge < -0.3 is 4.74 Å². The molecule has 0 saturated carbocycles. The number of ether oxygens (including phenoxy) is 1. The number of aryl methyl sites for hydroxylation is 1. The molecular formula is C8H11N3O2. The van der Waals surface area contributed by atoms with Crippen molar-refractivity contribution in [3.63, 3.8) is 0 Å². The van der Waals surface area contributed by atoms with Gasteiger partial charge in [-0.3, -0.25) is 10.2 Å². The number of hydrogen-bond acceptors (Lipinski definition) is 4. The maximum atomic E-state index is 11.1. The van der Waals surface area contributed by atoms with Crippen LogP contribution in [-0.2, 0) is 0 Å². The highest BCUT2D eigenvalue weighted by Gasteiger charge is 2.08. The lowest BCUT2D eigenvalue weighted by Gasteiger charge is -2.04. The highest BCUT2D eigenvalue weighted by molar-refractivity contribution is 5.94. The molecule has 5 nitrogen and oxygen atoms in total. The molecule has 0 saturated heterocycles. The molecule has 5 heteroatoms. The summed E-state index contributed by atoms with van der Waals surface area (Å²) in [5.41, 5.74) is 3.26.